The zero-order chi connectivity index (χ0) is 12.4. The van der Waals surface area contributed by atoms with E-state index in [0.29, 0.717) is 0 Å². The highest BCUT2D eigenvalue weighted by Gasteiger charge is 2.14. The highest BCUT2D eigenvalue weighted by Crippen LogP contribution is 2.21. The van der Waals surface area contributed by atoms with Crippen molar-refractivity contribution >= 4 is 10.8 Å². The lowest BCUT2D eigenvalue weighted by Crippen LogP contribution is -2.37. The number of fused-ring (bicyclic) bond motifs is 1. The van der Waals surface area contributed by atoms with Gasteiger partial charge in [0.1, 0.15) is 0 Å². The Balaban J connectivity index is 2.41. The van der Waals surface area contributed by atoms with Crippen LogP contribution in [-0.4, -0.2) is 17.8 Å². The minimum absolute atomic E-state index is 0.104. The molecule has 0 heterocycles. The number of benzene rings is 2. The van der Waals surface area contributed by atoms with Gasteiger partial charge in [-0.25, -0.2) is 0 Å². The van der Waals surface area contributed by atoms with Crippen molar-refractivity contribution < 1.29 is 5.11 Å². The molecule has 0 radical (unpaired) electrons. The Morgan fingerprint density at radius 2 is 1.71 bits per heavy atom. The molecule has 0 spiro atoms. The molecule has 0 saturated carbocycles. The van der Waals surface area contributed by atoms with Gasteiger partial charge in [0.25, 0.3) is 0 Å². The Morgan fingerprint density at radius 1 is 1.06 bits per heavy atom. The first-order chi connectivity index (χ1) is 8.11. The van der Waals surface area contributed by atoms with Gasteiger partial charge in [-0.1, -0.05) is 35.9 Å². The Morgan fingerprint density at radius 3 is 2.41 bits per heavy atom. The van der Waals surface area contributed by atoms with Gasteiger partial charge in [-0.3, -0.25) is 0 Å². The Bertz CT molecular complexity index is 525. The normalized spacial score (nSPS) is 14.8. The minimum Gasteiger partial charge on any atom is -0.395 e. The fourth-order valence-corrected chi connectivity index (χ4v) is 1.95. The van der Waals surface area contributed by atoms with E-state index in [1.165, 1.54) is 10.9 Å². The molecule has 2 atom stereocenters. The highest BCUT2D eigenvalue weighted by molar-refractivity contribution is 5.83. The summed E-state index contributed by atoms with van der Waals surface area (Å²) in [7, 11) is 0. The van der Waals surface area contributed by atoms with Crippen molar-refractivity contribution in [3.05, 3.63) is 47.5 Å². The first kappa shape index (κ1) is 12.0. The summed E-state index contributed by atoms with van der Waals surface area (Å²) in [5, 5.41) is 11.4. The topological polar surface area (TPSA) is 72.3 Å². The molecule has 2 aromatic carbocycles. The monoisotopic (exact) mass is 230 g/mol. The van der Waals surface area contributed by atoms with Crippen molar-refractivity contribution in [3.8, 4) is 0 Å². The number of aliphatic hydroxyl groups is 1. The van der Waals surface area contributed by atoms with E-state index in [0.717, 1.165) is 10.9 Å². The third kappa shape index (κ3) is 2.47. The van der Waals surface area contributed by atoms with E-state index in [2.05, 4.69) is 25.1 Å². The summed E-state index contributed by atoms with van der Waals surface area (Å²) in [5.41, 5.74) is 13.9. The van der Waals surface area contributed by atoms with E-state index < -0.39 is 6.04 Å². The maximum Gasteiger partial charge on any atom is 0.0601 e. The second-order valence-electron chi connectivity index (χ2n) is 4.48. The zero-order valence-corrected chi connectivity index (χ0v) is 9.93. The van der Waals surface area contributed by atoms with Crippen LogP contribution in [0, 0.1) is 6.92 Å². The summed E-state index contributed by atoms with van der Waals surface area (Å²) in [6.07, 6.45) is 0. The molecule has 0 aromatic heterocycles. The number of hydrogen-bond donors (Lipinski definition) is 3. The van der Waals surface area contributed by atoms with E-state index in [4.69, 9.17) is 16.6 Å². The molecule has 0 bridgehead atoms. The Labute approximate surface area is 101 Å². The summed E-state index contributed by atoms with van der Waals surface area (Å²) in [4.78, 5) is 0. The van der Waals surface area contributed by atoms with Crippen molar-refractivity contribution in [3.63, 3.8) is 0 Å². The van der Waals surface area contributed by atoms with Gasteiger partial charge in [0.05, 0.1) is 6.61 Å². The van der Waals surface area contributed by atoms with Crippen molar-refractivity contribution in [2.24, 2.45) is 11.5 Å². The SMILES string of the molecule is Cc1ccc2cc(C(N)C(N)CO)ccc2c1. The van der Waals surface area contributed by atoms with Crippen LogP contribution in [0.5, 0.6) is 0 Å². The molecule has 3 heteroatoms. The van der Waals surface area contributed by atoms with Gasteiger partial charge in [-0.05, 0) is 29.3 Å². The molecule has 0 aliphatic heterocycles. The summed E-state index contributed by atoms with van der Waals surface area (Å²) >= 11 is 0. The quantitative estimate of drug-likeness (QED) is 0.747. The molecule has 2 rings (SSSR count). The summed E-state index contributed by atoms with van der Waals surface area (Å²) in [6.45, 7) is 1.97. The van der Waals surface area contributed by atoms with Crippen molar-refractivity contribution in [1.29, 1.82) is 0 Å². The van der Waals surface area contributed by atoms with Gasteiger partial charge >= 0.3 is 0 Å². The van der Waals surface area contributed by atoms with Crippen LogP contribution < -0.4 is 11.5 Å². The van der Waals surface area contributed by atoms with E-state index in [9.17, 15) is 0 Å². The van der Waals surface area contributed by atoms with Gasteiger partial charge in [-0.15, -0.1) is 0 Å². The van der Waals surface area contributed by atoms with Crippen LogP contribution in [0.3, 0.4) is 0 Å². The predicted octanol–water partition coefficient (Wildman–Crippen LogP) is 1.47. The van der Waals surface area contributed by atoms with E-state index >= 15 is 0 Å². The first-order valence-electron chi connectivity index (χ1n) is 5.74. The first-order valence-corrected chi connectivity index (χ1v) is 5.74. The lowest BCUT2D eigenvalue weighted by Gasteiger charge is -2.18. The summed E-state index contributed by atoms with van der Waals surface area (Å²) in [6, 6.07) is 11.6. The average molecular weight is 230 g/mol. The minimum atomic E-state index is -0.419. The molecule has 0 saturated heterocycles. The van der Waals surface area contributed by atoms with Crippen LogP contribution >= 0.6 is 0 Å². The third-order valence-corrected chi connectivity index (χ3v) is 3.08. The molecule has 0 aliphatic carbocycles. The van der Waals surface area contributed by atoms with Crippen molar-refractivity contribution in [2.45, 2.75) is 19.0 Å². The molecule has 0 amide bonds. The number of rotatable bonds is 3. The van der Waals surface area contributed by atoms with Crippen LogP contribution in [0.2, 0.25) is 0 Å². The molecule has 3 nitrogen and oxygen atoms in total. The standard InChI is InChI=1S/C14H18N2O/c1-9-2-3-11-7-12(5-4-10(11)6-9)14(16)13(15)8-17/h2-7,13-14,17H,8,15-16H2,1H3. The van der Waals surface area contributed by atoms with Gasteiger partial charge < -0.3 is 16.6 Å². The lowest BCUT2D eigenvalue weighted by molar-refractivity contribution is 0.250. The molecule has 0 aliphatic rings. The molecule has 2 aromatic rings. The van der Waals surface area contributed by atoms with Crippen molar-refractivity contribution in [1.82, 2.24) is 0 Å². The average Bonchev–Trinajstić information content (AvgIpc) is 2.36. The van der Waals surface area contributed by atoms with Gasteiger partial charge in [0.15, 0.2) is 0 Å². The maximum absolute atomic E-state index is 9.01. The van der Waals surface area contributed by atoms with Crippen LogP contribution in [0.4, 0.5) is 0 Å². The third-order valence-electron chi connectivity index (χ3n) is 3.08. The van der Waals surface area contributed by atoms with E-state index in [1.807, 2.05) is 18.2 Å². The molecular weight excluding hydrogens is 212 g/mol. The van der Waals surface area contributed by atoms with Gasteiger partial charge in [0, 0.05) is 12.1 Å². The summed E-state index contributed by atoms with van der Waals surface area (Å²) in [5.74, 6) is 0. The van der Waals surface area contributed by atoms with Crippen LogP contribution in [0.25, 0.3) is 10.8 Å². The lowest BCUT2D eigenvalue weighted by atomic mass is 9.97. The molecule has 5 N–H and O–H groups in total. The number of aryl methyl sites for hydroxylation is 1. The number of hydrogen-bond acceptors (Lipinski definition) is 3. The van der Waals surface area contributed by atoms with E-state index in [1.54, 1.807) is 0 Å². The Kier molecular flexibility index (Phi) is 3.43. The van der Waals surface area contributed by atoms with Crippen molar-refractivity contribution in [2.75, 3.05) is 6.61 Å². The van der Waals surface area contributed by atoms with Crippen LogP contribution in [-0.2, 0) is 0 Å². The molecule has 90 valence electrons. The fraction of sp³-hybridized carbons (Fsp3) is 0.286. The number of aliphatic hydroxyl groups excluding tert-OH is 1. The highest BCUT2D eigenvalue weighted by atomic mass is 16.3. The van der Waals surface area contributed by atoms with Crippen LogP contribution in [0.1, 0.15) is 17.2 Å². The second kappa shape index (κ2) is 4.84. The number of nitrogens with two attached hydrogens (primary N) is 2. The molecule has 0 fully saturated rings. The van der Waals surface area contributed by atoms with Gasteiger partial charge in [-0.2, -0.15) is 0 Å². The molecule has 17 heavy (non-hydrogen) atoms. The predicted molar refractivity (Wildman–Crippen MR) is 70.7 cm³/mol. The fourth-order valence-electron chi connectivity index (χ4n) is 1.95. The van der Waals surface area contributed by atoms with Gasteiger partial charge in [0.2, 0.25) is 0 Å². The Hall–Kier alpha value is -1.42. The molecular formula is C14H18N2O. The smallest absolute Gasteiger partial charge is 0.0601 e. The zero-order valence-electron chi connectivity index (χ0n) is 9.93. The second-order valence-corrected chi connectivity index (χ2v) is 4.48. The van der Waals surface area contributed by atoms with E-state index in [-0.39, 0.29) is 12.6 Å². The van der Waals surface area contributed by atoms with Crippen LogP contribution in [0.15, 0.2) is 36.4 Å². The molecule has 2 unspecified atom stereocenters. The largest absolute Gasteiger partial charge is 0.395 e. The maximum atomic E-state index is 9.01. The summed E-state index contributed by atoms with van der Waals surface area (Å²) < 4.78 is 0.